The molecular formula is C12H24N2OS. The standard InChI is InChI=1S/C12H24N2OS/c1-5-6-13-12(15)7-14-11(4)9-16-8-10(2)3/h5,10-11,14H,1,6-9H2,2-4H3,(H,13,15). The van der Waals surface area contributed by atoms with Crippen molar-refractivity contribution < 1.29 is 4.79 Å². The highest BCUT2D eigenvalue weighted by Gasteiger charge is 2.05. The number of carbonyl (C=O) groups excluding carboxylic acids is 1. The third-order valence-corrected chi connectivity index (χ3v) is 3.51. The molecule has 0 spiro atoms. The molecule has 0 heterocycles. The quantitative estimate of drug-likeness (QED) is 0.606. The Morgan fingerprint density at radius 3 is 2.62 bits per heavy atom. The fourth-order valence-corrected chi connectivity index (χ4v) is 2.13. The maximum Gasteiger partial charge on any atom is 0.234 e. The van der Waals surface area contributed by atoms with Gasteiger partial charge < -0.3 is 10.6 Å². The van der Waals surface area contributed by atoms with Gasteiger partial charge in [-0.15, -0.1) is 6.58 Å². The van der Waals surface area contributed by atoms with Crippen LogP contribution in [0.4, 0.5) is 0 Å². The van der Waals surface area contributed by atoms with Crippen molar-refractivity contribution in [2.45, 2.75) is 26.8 Å². The van der Waals surface area contributed by atoms with Crippen LogP contribution in [0.3, 0.4) is 0 Å². The smallest absolute Gasteiger partial charge is 0.234 e. The van der Waals surface area contributed by atoms with Gasteiger partial charge in [-0.2, -0.15) is 11.8 Å². The first kappa shape index (κ1) is 15.5. The van der Waals surface area contributed by atoms with E-state index in [0.717, 1.165) is 11.7 Å². The highest BCUT2D eigenvalue weighted by atomic mass is 32.2. The van der Waals surface area contributed by atoms with Crippen molar-refractivity contribution in [3.05, 3.63) is 12.7 Å². The van der Waals surface area contributed by atoms with Crippen molar-refractivity contribution in [3.8, 4) is 0 Å². The van der Waals surface area contributed by atoms with Gasteiger partial charge in [-0.05, 0) is 18.6 Å². The Bertz CT molecular complexity index is 207. The monoisotopic (exact) mass is 244 g/mol. The Morgan fingerprint density at radius 1 is 1.38 bits per heavy atom. The molecule has 1 atom stereocenters. The summed E-state index contributed by atoms with van der Waals surface area (Å²) in [5.41, 5.74) is 0. The molecule has 4 heteroatoms. The lowest BCUT2D eigenvalue weighted by Crippen LogP contribution is -2.39. The third kappa shape index (κ3) is 10.1. The average Bonchev–Trinajstić information content (AvgIpc) is 2.23. The van der Waals surface area contributed by atoms with E-state index in [1.54, 1.807) is 6.08 Å². The predicted octanol–water partition coefficient (Wildman–Crippen LogP) is 1.66. The van der Waals surface area contributed by atoms with Gasteiger partial charge in [-0.25, -0.2) is 0 Å². The minimum atomic E-state index is 0.0283. The van der Waals surface area contributed by atoms with Crippen LogP contribution in [0.1, 0.15) is 20.8 Å². The Hall–Kier alpha value is -0.480. The molecule has 0 aromatic carbocycles. The van der Waals surface area contributed by atoms with E-state index in [1.807, 2.05) is 11.8 Å². The molecule has 1 amide bonds. The molecule has 1 unspecified atom stereocenters. The molecule has 0 aromatic rings. The average molecular weight is 244 g/mol. The molecule has 0 fully saturated rings. The molecule has 0 saturated carbocycles. The Kier molecular flexibility index (Phi) is 9.43. The molecule has 0 aliphatic heterocycles. The molecule has 0 aliphatic carbocycles. The number of rotatable bonds is 9. The van der Waals surface area contributed by atoms with Gasteiger partial charge in [0.1, 0.15) is 0 Å². The van der Waals surface area contributed by atoms with E-state index in [1.165, 1.54) is 5.75 Å². The zero-order chi connectivity index (χ0) is 12.4. The zero-order valence-electron chi connectivity index (χ0n) is 10.6. The number of nitrogens with one attached hydrogen (secondary N) is 2. The van der Waals surface area contributed by atoms with E-state index < -0.39 is 0 Å². The molecule has 0 saturated heterocycles. The molecule has 94 valence electrons. The molecule has 0 bridgehead atoms. The highest BCUT2D eigenvalue weighted by Crippen LogP contribution is 2.08. The van der Waals surface area contributed by atoms with Gasteiger partial charge in [-0.1, -0.05) is 19.9 Å². The number of hydrogen-bond acceptors (Lipinski definition) is 3. The van der Waals surface area contributed by atoms with E-state index >= 15 is 0 Å². The van der Waals surface area contributed by atoms with Crippen molar-refractivity contribution in [2.24, 2.45) is 5.92 Å². The van der Waals surface area contributed by atoms with E-state index in [4.69, 9.17) is 0 Å². The molecule has 16 heavy (non-hydrogen) atoms. The van der Waals surface area contributed by atoms with Crippen molar-refractivity contribution in [2.75, 3.05) is 24.6 Å². The van der Waals surface area contributed by atoms with Crippen molar-refractivity contribution in [1.29, 1.82) is 0 Å². The topological polar surface area (TPSA) is 41.1 Å². The molecule has 2 N–H and O–H groups in total. The lowest BCUT2D eigenvalue weighted by Gasteiger charge is -2.13. The fraction of sp³-hybridized carbons (Fsp3) is 0.750. The van der Waals surface area contributed by atoms with Crippen molar-refractivity contribution >= 4 is 17.7 Å². The molecule has 3 nitrogen and oxygen atoms in total. The van der Waals surface area contributed by atoms with Gasteiger partial charge in [0.25, 0.3) is 0 Å². The van der Waals surface area contributed by atoms with Crippen LogP contribution in [0.15, 0.2) is 12.7 Å². The Labute approximate surface area is 103 Å². The van der Waals surface area contributed by atoms with Gasteiger partial charge >= 0.3 is 0 Å². The van der Waals surface area contributed by atoms with E-state index in [2.05, 4.69) is 38.0 Å². The maximum atomic E-state index is 11.3. The van der Waals surface area contributed by atoms with Gasteiger partial charge in [-0.3, -0.25) is 4.79 Å². The summed E-state index contributed by atoms with van der Waals surface area (Å²) >= 11 is 1.93. The first-order chi connectivity index (χ1) is 7.56. The summed E-state index contributed by atoms with van der Waals surface area (Å²) in [6.07, 6.45) is 1.68. The van der Waals surface area contributed by atoms with E-state index in [0.29, 0.717) is 19.1 Å². The first-order valence-electron chi connectivity index (χ1n) is 5.75. The van der Waals surface area contributed by atoms with Crippen LogP contribution in [0.25, 0.3) is 0 Å². The summed E-state index contributed by atoms with van der Waals surface area (Å²) < 4.78 is 0. The Morgan fingerprint density at radius 2 is 2.06 bits per heavy atom. The molecule has 0 radical (unpaired) electrons. The van der Waals surface area contributed by atoms with Crippen LogP contribution in [0, 0.1) is 5.92 Å². The first-order valence-corrected chi connectivity index (χ1v) is 6.90. The largest absolute Gasteiger partial charge is 0.352 e. The number of amides is 1. The second-order valence-corrected chi connectivity index (χ2v) is 5.38. The SMILES string of the molecule is C=CCNC(=O)CNC(C)CSCC(C)C. The van der Waals surface area contributed by atoms with Gasteiger partial charge in [0, 0.05) is 18.3 Å². The van der Waals surface area contributed by atoms with Crippen LogP contribution in [-0.2, 0) is 4.79 Å². The molecular weight excluding hydrogens is 220 g/mol. The van der Waals surface area contributed by atoms with Gasteiger partial charge in [0.2, 0.25) is 5.91 Å². The summed E-state index contributed by atoms with van der Waals surface area (Å²) in [6.45, 7) is 11.0. The third-order valence-electron chi connectivity index (χ3n) is 1.87. The highest BCUT2D eigenvalue weighted by molar-refractivity contribution is 7.99. The van der Waals surface area contributed by atoms with Crippen LogP contribution >= 0.6 is 11.8 Å². The number of hydrogen-bond donors (Lipinski definition) is 2. The molecule has 0 rings (SSSR count). The lowest BCUT2D eigenvalue weighted by atomic mass is 10.3. The second kappa shape index (κ2) is 9.73. The summed E-state index contributed by atoms with van der Waals surface area (Å²) in [6, 6.07) is 0.373. The molecule has 0 aromatic heterocycles. The summed E-state index contributed by atoms with van der Waals surface area (Å²) in [5.74, 6) is 2.98. The zero-order valence-corrected chi connectivity index (χ0v) is 11.4. The van der Waals surface area contributed by atoms with Crippen LogP contribution in [0.5, 0.6) is 0 Å². The normalized spacial score (nSPS) is 12.5. The van der Waals surface area contributed by atoms with Crippen LogP contribution < -0.4 is 10.6 Å². The second-order valence-electron chi connectivity index (χ2n) is 4.31. The summed E-state index contributed by atoms with van der Waals surface area (Å²) in [7, 11) is 0. The van der Waals surface area contributed by atoms with Gasteiger partial charge in [0.15, 0.2) is 0 Å². The predicted molar refractivity (Wildman–Crippen MR) is 72.8 cm³/mol. The van der Waals surface area contributed by atoms with Crippen molar-refractivity contribution in [1.82, 2.24) is 10.6 Å². The summed E-state index contributed by atoms with van der Waals surface area (Å²) in [4.78, 5) is 11.3. The molecule has 0 aliphatic rings. The summed E-state index contributed by atoms with van der Waals surface area (Å²) in [5, 5.41) is 5.93. The number of thioether (sulfide) groups is 1. The van der Waals surface area contributed by atoms with Crippen LogP contribution in [0.2, 0.25) is 0 Å². The van der Waals surface area contributed by atoms with Gasteiger partial charge in [0.05, 0.1) is 6.54 Å². The minimum Gasteiger partial charge on any atom is -0.352 e. The lowest BCUT2D eigenvalue weighted by molar-refractivity contribution is -0.120. The van der Waals surface area contributed by atoms with E-state index in [-0.39, 0.29) is 5.91 Å². The minimum absolute atomic E-state index is 0.0283. The Balaban J connectivity index is 3.45. The fourth-order valence-electron chi connectivity index (χ4n) is 1.05. The van der Waals surface area contributed by atoms with E-state index in [9.17, 15) is 4.79 Å². The van der Waals surface area contributed by atoms with Crippen molar-refractivity contribution in [3.63, 3.8) is 0 Å². The van der Waals surface area contributed by atoms with Crippen LogP contribution in [-0.4, -0.2) is 36.5 Å². The maximum absolute atomic E-state index is 11.3. The number of carbonyl (C=O) groups is 1.